The van der Waals surface area contributed by atoms with Gasteiger partial charge in [0.2, 0.25) is 17.0 Å². The summed E-state index contributed by atoms with van der Waals surface area (Å²) in [6.07, 6.45) is 2.35. The number of thioether (sulfide) groups is 1. The highest BCUT2D eigenvalue weighted by Gasteiger charge is 2.36. The van der Waals surface area contributed by atoms with Crippen LogP contribution in [0.25, 0.3) is 16.8 Å². The summed E-state index contributed by atoms with van der Waals surface area (Å²) in [5, 5.41) is 3.66. The first-order valence-electron chi connectivity index (χ1n) is 11.1. The number of benzene rings is 3. The predicted octanol–water partition coefficient (Wildman–Crippen LogP) is 7.31. The van der Waals surface area contributed by atoms with Crippen molar-refractivity contribution in [2.75, 3.05) is 11.9 Å². The SMILES string of the molecule is O=C(CN1C(=O)S/C(=C/c2c(Oc3nc(Cl)ncc3F)ccc3ccccc23)C1=O)Nc1ccc(Br)c(Cl)c1. The van der Waals surface area contributed by atoms with E-state index in [2.05, 4.69) is 31.2 Å². The van der Waals surface area contributed by atoms with Crippen molar-refractivity contribution < 1.29 is 23.5 Å². The third kappa shape index (κ3) is 5.91. The minimum atomic E-state index is -0.836. The molecule has 0 atom stereocenters. The van der Waals surface area contributed by atoms with Crippen LogP contribution in [0.3, 0.4) is 0 Å². The fraction of sp³-hybridized carbons (Fsp3) is 0.0385. The summed E-state index contributed by atoms with van der Waals surface area (Å²) in [6, 6.07) is 15.4. The van der Waals surface area contributed by atoms with Crippen LogP contribution in [0.1, 0.15) is 5.56 Å². The van der Waals surface area contributed by atoms with E-state index in [0.717, 1.165) is 16.5 Å². The Balaban J connectivity index is 1.44. The van der Waals surface area contributed by atoms with Gasteiger partial charge < -0.3 is 10.1 Å². The van der Waals surface area contributed by atoms with Crippen LogP contribution in [-0.2, 0) is 9.59 Å². The minimum Gasteiger partial charge on any atom is -0.436 e. The number of carbonyl (C=O) groups is 3. The molecule has 1 aromatic heterocycles. The number of carbonyl (C=O) groups excluding carboxylic acids is 3. The summed E-state index contributed by atoms with van der Waals surface area (Å²) in [5.41, 5.74) is 0.812. The summed E-state index contributed by atoms with van der Waals surface area (Å²) < 4.78 is 20.7. The molecule has 3 aromatic carbocycles. The van der Waals surface area contributed by atoms with Crippen molar-refractivity contribution in [2.45, 2.75) is 0 Å². The number of hydrogen-bond acceptors (Lipinski definition) is 7. The molecule has 1 saturated heterocycles. The molecule has 39 heavy (non-hydrogen) atoms. The lowest BCUT2D eigenvalue weighted by Crippen LogP contribution is -2.36. The van der Waals surface area contributed by atoms with Crippen molar-refractivity contribution in [2.24, 2.45) is 0 Å². The van der Waals surface area contributed by atoms with Gasteiger partial charge in [0.1, 0.15) is 12.3 Å². The highest BCUT2D eigenvalue weighted by Crippen LogP contribution is 2.38. The van der Waals surface area contributed by atoms with Crippen LogP contribution in [-0.4, -0.2) is 38.5 Å². The lowest BCUT2D eigenvalue weighted by Gasteiger charge is -2.13. The topological polar surface area (TPSA) is 101 Å². The van der Waals surface area contributed by atoms with E-state index in [4.69, 9.17) is 27.9 Å². The Morgan fingerprint density at radius 3 is 2.74 bits per heavy atom. The Morgan fingerprint density at radius 2 is 1.95 bits per heavy atom. The number of rotatable bonds is 6. The largest absolute Gasteiger partial charge is 0.436 e. The van der Waals surface area contributed by atoms with E-state index in [0.29, 0.717) is 37.9 Å². The lowest BCUT2D eigenvalue weighted by atomic mass is 10.0. The number of ether oxygens (including phenoxy) is 1. The second-order valence-corrected chi connectivity index (χ2v) is 10.6. The zero-order valence-electron chi connectivity index (χ0n) is 19.5. The fourth-order valence-electron chi connectivity index (χ4n) is 3.71. The van der Waals surface area contributed by atoms with Crippen molar-refractivity contribution in [3.63, 3.8) is 0 Å². The Morgan fingerprint density at radius 1 is 1.15 bits per heavy atom. The lowest BCUT2D eigenvalue weighted by molar-refractivity contribution is -0.127. The van der Waals surface area contributed by atoms with Crippen LogP contribution in [0.4, 0.5) is 14.9 Å². The van der Waals surface area contributed by atoms with Gasteiger partial charge in [-0.05, 0) is 80.4 Å². The van der Waals surface area contributed by atoms with Gasteiger partial charge in [0.05, 0.1) is 16.1 Å². The normalized spacial score (nSPS) is 14.4. The molecule has 0 spiro atoms. The molecule has 1 fully saturated rings. The van der Waals surface area contributed by atoms with Crippen molar-refractivity contribution >= 4 is 90.5 Å². The molecule has 1 N–H and O–H groups in total. The maximum atomic E-state index is 14.3. The molecule has 3 amide bonds. The Hall–Kier alpha value is -3.51. The molecule has 0 bridgehead atoms. The van der Waals surface area contributed by atoms with Crippen LogP contribution in [0.2, 0.25) is 10.3 Å². The number of amides is 3. The fourth-order valence-corrected chi connectivity index (χ4v) is 5.08. The third-order valence-electron chi connectivity index (χ3n) is 5.47. The molecule has 5 rings (SSSR count). The van der Waals surface area contributed by atoms with Gasteiger partial charge in [0.15, 0.2) is 0 Å². The maximum absolute atomic E-state index is 14.3. The molecule has 196 valence electrons. The van der Waals surface area contributed by atoms with Crippen LogP contribution >= 0.6 is 50.9 Å². The highest BCUT2D eigenvalue weighted by atomic mass is 79.9. The molecule has 1 aliphatic rings. The van der Waals surface area contributed by atoms with Crippen molar-refractivity contribution in [3.05, 3.63) is 91.9 Å². The first-order chi connectivity index (χ1) is 18.7. The first-order valence-corrected chi connectivity index (χ1v) is 13.4. The van der Waals surface area contributed by atoms with E-state index < -0.39 is 35.3 Å². The molecule has 2 heterocycles. The molecule has 13 heteroatoms. The van der Waals surface area contributed by atoms with Gasteiger partial charge in [-0.15, -0.1) is 0 Å². The number of hydrogen-bond donors (Lipinski definition) is 1. The van der Waals surface area contributed by atoms with Gasteiger partial charge in [0, 0.05) is 15.7 Å². The summed E-state index contributed by atoms with van der Waals surface area (Å²) >= 11 is 15.8. The first kappa shape index (κ1) is 27.1. The van der Waals surface area contributed by atoms with E-state index >= 15 is 0 Å². The minimum absolute atomic E-state index is 0.0573. The maximum Gasteiger partial charge on any atom is 0.294 e. The number of aromatic nitrogens is 2. The molecule has 0 aliphatic carbocycles. The quantitative estimate of drug-likeness (QED) is 0.173. The summed E-state index contributed by atoms with van der Waals surface area (Å²) in [6.45, 7) is -0.501. The van der Waals surface area contributed by atoms with Gasteiger partial charge in [-0.1, -0.05) is 41.9 Å². The summed E-state index contributed by atoms with van der Waals surface area (Å²) in [5.74, 6) is -2.32. The number of nitrogens with zero attached hydrogens (tertiary/aromatic N) is 3. The molecule has 0 unspecified atom stereocenters. The number of halogens is 4. The van der Waals surface area contributed by atoms with Gasteiger partial charge in [-0.25, -0.2) is 4.98 Å². The third-order valence-corrected chi connectivity index (χ3v) is 7.80. The number of imide groups is 1. The molecular weight excluding hydrogens is 634 g/mol. The monoisotopic (exact) mass is 646 g/mol. The Bertz CT molecular complexity index is 1700. The Kier molecular flexibility index (Phi) is 7.85. The molecule has 0 saturated carbocycles. The smallest absolute Gasteiger partial charge is 0.294 e. The number of anilines is 1. The second kappa shape index (κ2) is 11.3. The van der Waals surface area contributed by atoms with Crippen LogP contribution in [0.5, 0.6) is 11.6 Å². The average Bonchev–Trinajstić information content (AvgIpc) is 3.17. The highest BCUT2D eigenvalue weighted by molar-refractivity contribution is 9.10. The van der Waals surface area contributed by atoms with Gasteiger partial charge in [0.25, 0.3) is 17.0 Å². The van der Waals surface area contributed by atoms with E-state index in [1.54, 1.807) is 36.4 Å². The molecule has 8 nitrogen and oxygen atoms in total. The van der Waals surface area contributed by atoms with Crippen LogP contribution in [0.15, 0.2) is 70.2 Å². The van der Waals surface area contributed by atoms with E-state index in [1.807, 2.05) is 12.1 Å². The number of fused-ring (bicyclic) bond motifs is 1. The molecular formula is C26H14BrCl2FN4O4S. The van der Waals surface area contributed by atoms with Crippen LogP contribution < -0.4 is 10.1 Å². The summed E-state index contributed by atoms with van der Waals surface area (Å²) in [4.78, 5) is 46.7. The zero-order chi connectivity index (χ0) is 27.7. The van der Waals surface area contributed by atoms with Crippen molar-refractivity contribution in [3.8, 4) is 11.6 Å². The molecule has 4 aromatic rings. The van der Waals surface area contributed by atoms with Crippen molar-refractivity contribution in [1.29, 1.82) is 0 Å². The van der Waals surface area contributed by atoms with E-state index in [9.17, 15) is 18.8 Å². The van der Waals surface area contributed by atoms with Gasteiger partial charge >= 0.3 is 0 Å². The predicted molar refractivity (Wildman–Crippen MR) is 151 cm³/mol. The van der Waals surface area contributed by atoms with E-state index in [-0.39, 0.29) is 15.9 Å². The zero-order valence-corrected chi connectivity index (χ0v) is 23.4. The average molecular weight is 648 g/mol. The number of nitrogens with one attached hydrogen (secondary N) is 1. The van der Waals surface area contributed by atoms with Gasteiger partial charge in [-0.3, -0.25) is 19.3 Å². The van der Waals surface area contributed by atoms with Crippen LogP contribution in [0, 0.1) is 5.82 Å². The molecule has 1 aliphatic heterocycles. The standard InChI is InChI=1S/C26H14BrCl2FN4O4S/c27-17-7-6-14(9-18(17)28)32-22(35)12-34-24(36)21(39-26(34)37)10-16-15-4-2-1-3-13(15)5-8-20(16)38-23-19(30)11-31-25(29)33-23/h1-11H,12H2,(H,32,35)/b21-10+. The van der Waals surface area contributed by atoms with Crippen molar-refractivity contribution in [1.82, 2.24) is 14.9 Å². The second-order valence-electron chi connectivity index (χ2n) is 8.04. The molecule has 0 radical (unpaired) electrons. The Labute approximate surface area is 243 Å². The van der Waals surface area contributed by atoms with Gasteiger partial charge in [-0.2, -0.15) is 9.37 Å². The summed E-state index contributed by atoms with van der Waals surface area (Å²) in [7, 11) is 0. The van der Waals surface area contributed by atoms with E-state index in [1.165, 1.54) is 12.1 Å².